The Morgan fingerprint density at radius 2 is 1.82 bits per heavy atom. The lowest BCUT2D eigenvalue weighted by Gasteiger charge is -2.30. The summed E-state index contributed by atoms with van der Waals surface area (Å²) in [7, 11) is 0. The SMILES string of the molecule is Cc1cc(C2=NOC(c3cc(Cl)c(F)c(-n4ccc(N)nc4=O)c3)(C(F)(F)F)C2)ccc1C(=O)NCC(=O)NCC(F)(F)F. The third kappa shape index (κ3) is 6.61. The zero-order chi connectivity index (χ0) is 32.6. The molecule has 2 aromatic carbocycles. The van der Waals surface area contributed by atoms with Crippen LogP contribution < -0.4 is 22.1 Å². The van der Waals surface area contributed by atoms with E-state index in [-0.39, 0.29) is 28.2 Å². The molecule has 3 aromatic rings. The van der Waals surface area contributed by atoms with E-state index in [1.165, 1.54) is 25.1 Å². The molecule has 1 unspecified atom stereocenters. The van der Waals surface area contributed by atoms with Gasteiger partial charge in [0, 0.05) is 23.7 Å². The number of anilines is 1. The summed E-state index contributed by atoms with van der Waals surface area (Å²) < 4.78 is 96.1. The van der Waals surface area contributed by atoms with E-state index in [9.17, 15) is 45.1 Å². The van der Waals surface area contributed by atoms with Crippen LogP contribution in [0.4, 0.5) is 36.6 Å². The molecule has 10 nitrogen and oxygen atoms in total. The molecule has 2 amide bonds. The number of benzene rings is 2. The van der Waals surface area contributed by atoms with Crippen molar-refractivity contribution in [2.24, 2.45) is 5.16 Å². The number of halogens is 8. The lowest BCUT2D eigenvalue weighted by Crippen LogP contribution is -2.43. The molecular formula is C26H20ClF7N6O4. The van der Waals surface area contributed by atoms with Crippen LogP contribution >= 0.6 is 11.6 Å². The number of hydrogen-bond donors (Lipinski definition) is 3. The van der Waals surface area contributed by atoms with Crippen molar-refractivity contribution in [2.45, 2.75) is 31.3 Å². The second-order valence-corrected chi connectivity index (χ2v) is 9.94. The Labute approximate surface area is 247 Å². The van der Waals surface area contributed by atoms with Gasteiger partial charge in [0.2, 0.25) is 5.91 Å². The van der Waals surface area contributed by atoms with Crippen LogP contribution in [-0.2, 0) is 15.2 Å². The van der Waals surface area contributed by atoms with Gasteiger partial charge in [-0.2, -0.15) is 31.3 Å². The van der Waals surface area contributed by atoms with Crippen molar-refractivity contribution in [3.8, 4) is 5.69 Å². The minimum Gasteiger partial charge on any atom is -0.383 e. The Hall–Kier alpha value is -4.67. The molecule has 0 saturated carbocycles. The summed E-state index contributed by atoms with van der Waals surface area (Å²) in [6, 6.07) is 6.35. The van der Waals surface area contributed by atoms with E-state index in [1.54, 1.807) is 5.32 Å². The van der Waals surface area contributed by atoms with Gasteiger partial charge in [0.05, 0.1) is 23.0 Å². The number of nitrogens with two attached hydrogens (primary N) is 1. The molecule has 4 rings (SSSR count). The van der Waals surface area contributed by atoms with Gasteiger partial charge < -0.3 is 21.2 Å². The summed E-state index contributed by atoms with van der Waals surface area (Å²) >= 11 is 5.94. The average Bonchev–Trinajstić information content (AvgIpc) is 3.39. The molecule has 1 aliphatic rings. The molecular weight excluding hydrogens is 629 g/mol. The zero-order valence-electron chi connectivity index (χ0n) is 22.2. The van der Waals surface area contributed by atoms with Crippen LogP contribution in [0.1, 0.15) is 33.5 Å². The Balaban J connectivity index is 1.59. The summed E-state index contributed by atoms with van der Waals surface area (Å²) in [5.74, 6) is -3.33. The fourth-order valence-electron chi connectivity index (χ4n) is 4.26. The maximum absolute atomic E-state index is 14.9. The van der Waals surface area contributed by atoms with E-state index >= 15 is 0 Å². The van der Waals surface area contributed by atoms with Gasteiger partial charge in [-0.25, -0.2) is 9.18 Å². The van der Waals surface area contributed by atoms with E-state index in [0.717, 1.165) is 18.3 Å². The molecule has 234 valence electrons. The maximum Gasteiger partial charge on any atom is 0.435 e. The van der Waals surface area contributed by atoms with E-state index in [0.29, 0.717) is 10.6 Å². The van der Waals surface area contributed by atoms with Gasteiger partial charge in [-0.1, -0.05) is 22.8 Å². The number of alkyl halides is 6. The molecule has 0 spiro atoms. The lowest BCUT2D eigenvalue weighted by atomic mass is 9.85. The van der Waals surface area contributed by atoms with Gasteiger partial charge >= 0.3 is 18.0 Å². The number of rotatable bonds is 7. The highest BCUT2D eigenvalue weighted by atomic mass is 35.5. The summed E-state index contributed by atoms with van der Waals surface area (Å²) in [4.78, 5) is 44.8. The predicted octanol–water partition coefficient (Wildman–Crippen LogP) is 3.91. The van der Waals surface area contributed by atoms with Crippen molar-refractivity contribution in [3.63, 3.8) is 0 Å². The number of aromatic nitrogens is 2. The summed E-state index contributed by atoms with van der Waals surface area (Å²) in [6.45, 7) is -0.910. The average molecular weight is 649 g/mol. The van der Waals surface area contributed by atoms with Crippen molar-refractivity contribution in [2.75, 3.05) is 18.8 Å². The highest BCUT2D eigenvalue weighted by Gasteiger charge is 2.62. The van der Waals surface area contributed by atoms with E-state index in [4.69, 9.17) is 22.2 Å². The van der Waals surface area contributed by atoms with Crippen molar-refractivity contribution in [1.82, 2.24) is 20.2 Å². The second kappa shape index (κ2) is 11.8. The number of hydrogen-bond acceptors (Lipinski definition) is 7. The molecule has 1 atom stereocenters. The van der Waals surface area contributed by atoms with Gasteiger partial charge in [0.1, 0.15) is 12.4 Å². The Morgan fingerprint density at radius 3 is 2.43 bits per heavy atom. The lowest BCUT2D eigenvalue weighted by molar-refractivity contribution is -0.275. The van der Waals surface area contributed by atoms with Crippen LogP contribution in [0.25, 0.3) is 5.69 Å². The van der Waals surface area contributed by atoms with E-state index in [1.807, 2.05) is 0 Å². The Morgan fingerprint density at radius 1 is 1.11 bits per heavy atom. The van der Waals surface area contributed by atoms with Gasteiger partial charge in [0.15, 0.2) is 5.82 Å². The first-order valence-corrected chi connectivity index (χ1v) is 12.7. The number of carbonyl (C=O) groups excluding carboxylic acids is 2. The largest absolute Gasteiger partial charge is 0.435 e. The van der Waals surface area contributed by atoms with Gasteiger partial charge in [-0.05, 0) is 48.4 Å². The molecule has 0 bridgehead atoms. The summed E-state index contributed by atoms with van der Waals surface area (Å²) in [5.41, 5.74) is -0.0149. The van der Waals surface area contributed by atoms with Crippen molar-refractivity contribution in [3.05, 3.63) is 86.2 Å². The van der Waals surface area contributed by atoms with Crippen LogP contribution in [0.5, 0.6) is 0 Å². The third-order valence-electron chi connectivity index (χ3n) is 6.45. The number of amides is 2. The topological polar surface area (TPSA) is 141 Å². The van der Waals surface area contributed by atoms with Crippen LogP contribution in [0.15, 0.2) is 52.5 Å². The van der Waals surface area contributed by atoms with Gasteiger partial charge in [-0.3, -0.25) is 14.2 Å². The highest BCUT2D eigenvalue weighted by molar-refractivity contribution is 6.31. The smallest absolute Gasteiger partial charge is 0.383 e. The second-order valence-electron chi connectivity index (χ2n) is 9.53. The van der Waals surface area contributed by atoms with Crippen LogP contribution in [0.2, 0.25) is 5.02 Å². The fourth-order valence-corrected chi connectivity index (χ4v) is 4.47. The Kier molecular flexibility index (Phi) is 8.64. The summed E-state index contributed by atoms with van der Waals surface area (Å²) in [6.07, 6.45) is -9.68. The number of aryl methyl sites for hydroxylation is 1. The summed E-state index contributed by atoms with van der Waals surface area (Å²) in [5, 5.41) is 6.62. The van der Waals surface area contributed by atoms with Crippen LogP contribution in [0, 0.1) is 12.7 Å². The highest BCUT2D eigenvalue weighted by Crippen LogP contribution is 2.50. The molecule has 0 saturated heterocycles. The molecule has 2 heterocycles. The molecule has 0 fully saturated rings. The monoisotopic (exact) mass is 648 g/mol. The molecule has 1 aliphatic heterocycles. The zero-order valence-corrected chi connectivity index (χ0v) is 23.0. The fraction of sp³-hybridized carbons (Fsp3) is 0.269. The van der Waals surface area contributed by atoms with E-state index in [2.05, 4.69) is 15.5 Å². The molecule has 0 aliphatic carbocycles. The number of nitrogen functional groups attached to an aromatic ring is 1. The molecule has 4 N–H and O–H groups in total. The Bertz CT molecular complexity index is 1720. The van der Waals surface area contributed by atoms with Crippen LogP contribution in [-0.4, -0.2) is 52.5 Å². The number of carbonyl (C=O) groups is 2. The van der Waals surface area contributed by atoms with E-state index < -0.39 is 77.1 Å². The van der Waals surface area contributed by atoms with Gasteiger partial charge in [-0.15, -0.1) is 0 Å². The van der Waals surface area contributed by atoms with Crippen molar-refractivity contribution in [1.29, 1.82) is 0 Å². The molecule has 44 heavy (non-hydrogen) atoms. The minimum atomic E-state index is -5.14. The quantitative estimate of drug-likeness (QED) is 0.332. The first-order valence-electron chi connectivity index (χ1n) is 12.3. The van der Waals surface area contributed by atoms with Crippen LogP contribution in [0.3, 0.4) is 0 Å². The minimum absolute atomic E-state index is 0.0171. The predicted molar refractivity (Wildman–Crippen MR) is 142 cm³/mol. The number of nitrogens with one attached hydrogen (secondary N) is 2. The third-order valence-corrected chi connectivity index (χ3v) is 6.72. The number of oxime groups is 1. The molecule has 0 radical (unpaired) electrons. The number of nitrogens with zero attached hydrogens (tertiary/aromatic N) is 3. The maximum atomic E-state index is 14.9. The normalized spacial score (nSPS) is 16.7. The first kappa shape index (κ1) is 32.2. The van der Waals surface area contributed by atoms with Crippen molar-refractivity contribution >= 4 is 34.9 Å². The molecule has 18 heteroatoms. The molecule has 1 aromatic heterocycles. The standard InChI is InChI=1S/C26H20ClF7N6O4/c1-12-6-13(2-3-15(12)22(42)36-10-20(41)37-11-25(29,30)31)17-9-24(44-39-17,26(32,33)34)14-7-16(27)21(28)18(8-14)40-5-4-19(35)38-23(40)43/h2-8H,9-11H2,1H3,(H,36,42)(H,37,41)(H2,35,38,43). The first-order chi connectivity index (χ1) is 20.4. The van der Waals surface area contributed by atoms with Crippen molar-refractivity contribution < 1.29 is 45.2 Å². The van der Waals surface area contributed by atoms with Gasteiger partial charge in [0.25, 0.3) is 11.5 Å².